The molecule has 0 unspecified atom stereocenters. The standard InChI is InChI=1S/C10H8O6S2.2C3H10N2.2H2O/c11-17(12,13)9-5-1-3-7-8(9)4-2-6-10(7)18(14,15)16;2*4-2-1-3-5;;/h1-6H,(H,11,12,13)(H,14,15,16);2*1-5H2;2*1H2. The van der Waals surface area contributed by atoms with Gasteiger partial charge in [-0.25, -0.2) is 16.8 Å². The van der Waals surface area contributed by atoms with Gasteiger partial charge in [-0.2, -0.15) is 0 Å². The lowest BCUT2D eigenvalue weighted by atomic mass is 10.1. The molecule has 2 aromatic carbocycles. The normalized spacial score (nSPS) is 10.5. The molecule has 0 aromatic heterocycles. The fraction of sp³-hybridized carbons (Fsp3) is 0.375. The Morgan fingerprint density at radius 3 is 1.17 bits per heavy atom. The van der Waals surface area contributed by atoms with Crippen molar-refractivity contribution in [2.75, 3.05) is 26.2 Å². The smallest absolute Gasteiger partial charge is 0.125 e. The van der Waals surface area contributed by atoms with Crippen molar-refractivity contribution in [3.63, 3.8) is 0 Å². The minimum absolute atomic E-state index is 0. The third kappa shape index (κ3) is 11.5. The molecule has 0 aliphatic carbocycles. The van der Waals surface area contributed by atoms with Gasteiger partial charge in [0.25, 0.3) is 0 Å². The van der Waals surface area contributed by atoms with Crippen molar-refractivity contribution in [2.45, 2.75) is 22.6 Å². The summed E-state index contributed by atoms with van der Waals surface area (Å²) in [5.41, 5.74) is 17.4. The van der Waals surface area contributed by atoms with Crippen LogP contribution in [0.4, 0.5) is 0 Å². The van der Waals surface area contributed by atoms with Gasteiger partial charge in [-0.1, -0.05) is 24.3 Å². The Labute approximate surface area is 176 Å². The van der Waals surface area contributed by atoms with Gasteiger partial charge in [0, 0.05) is 23.6 Å². The molecule has 0 heterocycles. The maximum atomic E-state index is 11.0. The fourth-order valence-corrected chi connectivity index (χ4v) is 3.36. The van der Waals surface area contributed by atoms with Gasteiger partial charge in [0.15, 0.2) is 0 Å². The molecule has 0 aliphatic rings. The van der Waals surface area contributed by atoms with Crippen LogP contribution in [0, 0.1) is 0 Å². The second-order valence-electron chi connectivity index (χ2n) is 5.51. The average Bonchev–Trinajstić information content (AvgIpc) is 2.61. The fourth-order valence-electron chi connectivity index (χ4n) is 1.98. The first-order valence-electron chi connectivity index (χ1n) is 8.46. The first kappa shape index (κ1) is 32.9. The summed E-state index contributed by atoms with van der Waals surface area (Å²) in [6, 6.07) is 7.09. The lowest BCUT2D eigenvalue weighted by Gasteiger charge is -2.14. The minimum atomic E-state index is -4.74. The van der Waals surface area contributed by atoms with Crippen LogP contribution in [-0.4, -0.2) is 63.1 Å². The van der Waals surface area contributed by atoms with Crippen molar-refractivity contribution in [3.05, 3.63) is 36.4 Å². The molecule has 2 rings (SSSR count). The largest absolute Gasteiger partial charge is 0.744 e. The summed E-state index contributed by atoms with van der Waals surface area (Å²) < 4.78 is 66.1. The van der Waals surface area contributed by atoms with E-state index >= 15 is 0 Å². The van der Waals surface area contributed by atoms with Crippen LogP contribution in [-0.2, 0) is 20.2 Å². The number of nitrogens with two attached hydrogens (primary N) is 2. The second kappa shape index (κ2) is 16.0. The van der Waals surface area contributed by atoms with E-state index in [1.165, 1.54) is 24.3 Å². The van der Waals surface area contributed by atoms with E-state index in [9.17, 15) is 25.9 Å². The molecule has 0 saturated heterocycles. The van der Waals surface area contributed by atoms with E-state index in [0.717, 1.165) is 51.2 Å². The summed E-state index contributed by atoms with van der Waals surface area (Å²) in [6.45, 7) is 3.50. The zero-order valence-corrected chi connectivity index (χ0v) is 18.2. The van der Waals surface area contributed by atoms with Crippen LogP contribution in [0.2, 0.25) is 0 Å². The van der Waals surface area contributed by atoms with Gasteiger partial charge >= 0.3 is 0 Å². The molecule has 0 radical (unpaired) electrons. The number of fused-ring (bicyclic) bond motifs is 1. The summed E-state index contributed by atoms with van der Waals surface area (Å²) in [4.78, 5) is -1.10. The van der Waals surface area contributed by atoms with Crippen LogP contribution in [0.3, 0.4) is 0 Å². The van der Waals surface area contributed by atoms with Crippen molar-refractivity contribution in [1.29, 1.82) is 0 Å². The van der Waals surface area contributed by atoms with E-state index in [2.05, 4.69) is 11.5 Å². The van der Waals surface area contributed by atoms with Gasteiger partial charge in [-0.3, -0.25) is 0 Å². The predicted molar refractivity (Wildman–Crippen MR) is 110 cm³/mol. The molecule has 0 saturated carbocycles. The van der Waals surface area contributed by atoms with Gasteiger partial charge in [0.05, 0.1) is 22.9 Å². The summed E-state index contributed by atoms with van der Waals surface area (Å²) in [6.07, 6.45) is 2.11. The topological polar surface area (TPSA) is 285 Å². The quantitative estimate of drug-likeness (QED) is 0.301. The number of hydrogen-bond donors (Lipinski definition) is 4. The van der Waals surface area contributed by atoms with Crippen LogP contribution < -0.4 is 22.9 Å². The third-order valence-electron chi connectivity index (χ3n) is 3.29. The van der Waals surface area contributed by atoms with E-state index in [1.54, 1.807) is 0 Å². The maximum Gasteiger partial charge on any atom is 0.125 e. The summed E-state index contributed by atoms with van der Waals surface area (Å²) in [5.74, 6) is 0. The summed E-state index contributed by atoms with van der Waals surface area (Å²) in [5, 5.41) is -0.158. The molecule has 0 amide bonds. The zero-order valence-electron chi connectivity index (χ0n) is 16.5. The molecule has 0 spiro atoms. The van der Waals surface area contributed by atoms with Crippen LogP contribution in [0.5, 0.6) is 0 Å². The number of rotatable bonds is 6. The van der Waals surface area contributed by atoms with Crippen LogP contribution in [0.1, 0.15) is 12.8 Å². The number of quaternary nitrogens is 2. The van der Waals surface area contributed by atoms with Crippen LogP contribution >= 0.6 is 0 Å². The molecule has 0 bridgehead atoms. The second-order valence-corrected chi connectivity index (χ2v) is 8.20. The van der Waals surface area contributed by atoms with Gasteiger partial charge in [-0.05, 0) is 25.2 Å². The van der Waals surface area contributed by atoms with Crippen molar-refractivity contribution >= 4 is 31.0 Å². The first-order valence-corrected chi connectivity index (χ1v) is 11.3. The highest BCUT2D eigenvalue weighted by Gasteiger charge is 2.12. The molecule has 0 fully saturated rings. The Kier molecular flexibility index (Phi) is 17.6. The van der Waals surface area contributed by atoms with Crippen molar-refractivity contribution < 1.29 is 48.4 Å². The highest BCUT2D eigenvalue weighted by atomic mass is 32.2. The van der Waals surface area contributed by atoms with Gasteiger partial charge < -0.3 is 43.0 Å². The molecule has 2 aromatic rings. The van der Waals surface area contributed by atoms with E-state index in [1.807, 2.05) is 0 Å². The highest BCUT2D eigenvalue weighted by Crippen LogP contribution is 2.27. The Morgan fingerprint density at radius 2 is 1.00 bits per heavy atom. The molecule has 0 atom stereocenters. The molecule has 14 N–H and O–H groups in total. The SMILES string of the molecule is NCCC[NH3+].NCCC[NH3+].O.O.O=S(=O)([O-])c1cccc2c(S(=O)(=O)[O-])cccc12. The average molecular weight is 473 g/mol. The Bertz CT molecular complexity index is 856. The highest BCUT2D eigenvalue weighted by molar-refractivity contribution is 7.86. The predicted octanol–water partition coefficient (Wildman–Crippen LogP) is -3.85. The minimum Gasteiger partial charge on any atom is -0.744 e. The van der Waals surface area contributed by atoms with E-state index in [4.69, 9.17) is 11.5 Å². The molecular formula is C16H32N4O8S2. The summed E-state index contributed by atoms with van der Waals surface area (Å²) in [7, 11) is -9.48. The third-order valence-corrected chi connectivity index (χ3v) is 5.08. The van der Waals surface area contributed by atoms with Crippen molar-refractivity contribution in [1.82, 2.24) is 0 Å². The van der Waals surface area contributed by atoms with Gasteiger partial charge in [0.1, 0.15) is 20.2 Å². The van der Waals surface area contributed by atoms with Gasteiger partial charge in [-0.15, -0.1) is 0 Å². The molecule has 176 valence electrons. The maximum absolute atomic E-state index is 11.0. The Balaban J connectivity index is -0.000000514. The molecule has 14 heteroatoms. The molecule has 12 nitrogen and oxygen atoms in total. The van der Waals surface area contributed by atoms with E-state index in [-0.39, 0.29) is 21.7 Å². The Morgan fingerprint density at radius 1 is 0.700 bits per heavy atom. The Hall–Kier alpha value is -1.72. The number of benzene rings is 2. The molecular weight excluding hydrogens is 440 g/mol. The van der Waals surface area contributed by atoms with E-state index < -0.39 is 30.0 Å². The lowest BCUT2D eigenvalue weighted by molar-refractivity contribution is -0.368. The van der Waals surface area contributed by atoms with Gasteiger partial charge in [0.2, 0.25) is 0 Å². The monoisotopic (exact) mass is 472 g/mol. The lowest BCUT2D eigenvalue weighted by Crippen LogP contribution is -2.50. The zero-order chi connectivity index (χ0) is 21.8. The molecule has 0 aliphatic heterocycles. The first-order chi connectivity index (χ1) is 13.0. The molecule has 30 heavy (non-hydrogen) atoms. The van der Waals surface area contributed by atoms with Crippen molar-refractivity contribution in [3.8, 4) is 0 Å². The van der Waals surface area contributed by atoms with Crippen LogP contribution in [0.25, 0.3) is 10.8 Å². The van der Waals surface area contributed by atoms with Crippen molar-refractivity contribution in [2.24, 2.45) is 11.5 Å². The number of hydrogen-bond acceptors (Lipinski definition) is 8. The van der Waals surface area contributed by atoms with E-state index in [0.29, 0.717) is 0 Å². The summed E-state index contributed by atoms with van der Waals surface area (Å²) >= 11 is 0. The van der Waals surface area contributed by atoms with Crippen LogP contribution in [0.15, 0.2) is 46.2 Å².